The fourth-order valence-corrected chi connectivity index (χ4v) is 8.70. The van der Waals surface area contributed by atoms with E-state index in [0.717, 1.165) is 55.4 Å². The van der Waals surface area contributed by atoms with Crippen molar-refractivity contribution in [2.24, 2.45) is 0 Å². The fourth-order valence-electron chi connectivity index (χ4n) is 7.11. The number of hydrogen-bond acceptors (Lipinski definition) is 3. The quantitative estimate of drug-likeness (QED) is 0.113. The second-order valence-corrected chi connectivity index (χ2v) is 20.5. The largest absolute Gasteiger partial charge is 0.501 e. The monoisotopic (exact) mass is 950 g/mol. The van der Waals surface area contributed by atoms with Gasteiger partial charge in [-0.3, -0.25) is 0 Å². The number of fused-ring (bicyclic) bond motifs is 3. The van der Waals surface area contributed by atoms with Crippen LogP contribution in [0.15, 0.2) is 175 Å². The van der Waals surface area contributed by atoms with Gasteiger partial charge in [-0.15, -0.1) is 53.6 Å². The number of benzene rings is 6. The van der Waals surface area contributed by atoms with E-state index in [1.807, 2.05) is 92.8 Å². The van der Waals surface area contributed by atoms with Gasteiger partial charge in [0.2, 0.25) is 0 Å². The Morgan fingerprint density at radius 2 is 1.29 bits per heavy atom. The third kappa shape index (κ3) is 9.03. The van der Waals surface area contributed by atoms with Crippen LogP contribution in [0.3, 0.4) is 0 Å². The fraction of sp³-hybridized carbons (Fsp3) is 0.132. The average molecular weight is 950 g/mol. The minimum atomic E-state index is -1.65. The summed E-state index contributed by atoms with van der Waals surface area (Å²) < 4.78 is 32.4. The average Bonchev–Trinajstić information content (AvgIpc) is 3.65. The van der Waals surface area contributed by atoms with E-state index in [2.05, 4.69) is 97.4 Å². The third-order valence-corrected chi connectivity index (χ3v) is 12.1. The van der Waals surface area contributed by atoms with Crippen molar-refractivity contribution in [1.29, 1.82) is 0 Å². The molecule has 0 fully saturated rings. The van der Waals surface area contributed by atoms with Gasteiger partial charge in [-0.05, 0) is 68.8 Å². The number of pyridine rings is 2. The Morgan fingerprint density at radius 3 is 1.97 bits per heavy atom. The van der Waals surface area contributed by atoms with Crippen molar-refractivity contribution in [3.63, 3.8) is 0 Å². The second kappa shape index (κ2) is 17.8. The molecule has 0 atom stereocenters. The number of furan rings is 1. The first-order valence-corrected chi connectivity index (χ1v) is 22.8. The first kappa shape index (κ1) is 36.6. The van der Waals surface area contributed by atoms with Crippen LogP contribution >= 0.6 is 0 Å². The van der Waals surface area contributed by atoms with E-state index in [-0.39, 0.29) is 20.1 Å². The molecule has 0 saturated heterocycles. The van der Waals surface area contributed by atoms with Gasteiger partial charge in [-0.1, -0.05) is 165 Å². The van der Waals surface area contributed by atoms with E-state index in [9.17, 15) is 0 Å². The van der Waals surface area contributed by atoms with Crippen molar-refractivity contribution >= 4 is 35.2 Å². The molecule has 289 valence electrons. The molecule has 0 saturated carbocycles. The predicted octanol–water partition coefficient (Wildman–Crippen LogP) is 13.6. The summed E-state index contributed by atoms with van der Waals surface area (Å²) in [6.45, 7) is 10.8. The molecule has 0 amide bonds. The SMILES string of the molecule is [2H]C(C)(C)c1cc(-c2[c-]ccc(-c3ccccc3)c2)ncc1[Si](C)(C)C.[2H]C([2H])(c1ccccc1)c1ccnc(-c2[c-]ccc3c2oc2cc(-c4ccccc4)ccc23)c1.[Ir]. The molecular weight excluding hydrogens is 901 g/mol. The van der Waals surface area contributed by atoms with E-state index in [0.29, 0.717) is 22.4 Å². The van der Waals surface area contributed by atoms with Gasteiger partial charge in [-0.25, -0.2) is 0 Å². The third-order valence-electron chi connectivity index (χ3n) is 10.1. The smallest absolute Gasteiger partial charge is 0.121 e. The number of hydrogen-bond donors (Lipinski definition) is 0. The molecule has 3 nitrogen and oxygen atoms in total. The van der Waals surface area contributed by atoms with Gasteiger partial charge in [0.25, 0.3) is 0 Å². The molecule has 9 aromatic rings. The van der Waals surface area contributed by atoms with Crippen LogP contribution in [0.4, 0.5) is 0 Å². The van der Waals surface area contributed by atoms with Crippen LogP contribution in [0.2, 0.25) is 19.6 Å². The molecule has 0 aliphatic rings. The van der Waals surface area contributed by atoms with Crippen molar-refractivity contribution in [2.75, 3.05) is 0 Å². The molecule has 1 radical (unpaired) electrons. The number of rotatable bonds is 8. The van der Waals surface area contributed by atoms with E-state index >= 15 is 0 Å². The van der Waals surface area contributed by atoms with Crippen molar-refractivity contribution < 1.29 is 28.6 Å². The summed E-state index contributed by atoms with van der Waals surface area (Å²) in [6, 6.07) is 58.3. The zero-order valence-corrected chi connectivity index (χ0v) is 36.7. The first-order chi connectivity index (χ1) is 28.8. The minimum Gasteiger partial charge on any atom is -0.501 e. The van der Waals surface area contributed by atoms with Crippen LogP contribution in [-0.2, 0) is 26.5 Å². The molecule has 0 N–H and O–H groups in total. The molecule has 58 heavy (non-hydrogen) atoms. The van der Waals surface area contributed by atoms with Crippen LogP contribution in [0, 0.1) is 12.1 Å². The molecule has 3 aromatic heterocycles. The van der Waals surface area contributed by atoms with E-state index in [1.165, 1.54) is 10.8 Å². The van der Waals surface area contributed by atoms with Crippen molar-refractivity contribution in [3.05, 3.63) is 199 Å². The maximum absolute atomic E-state index is 8.73. The molecule has 0 aliphatic carbocycles. The van der Waals surface area contributed by atoms with Crippen LogP contribution in [0.25, 0.3) is 66.7 Å². The van der Waals surface area contributed by atoms with Crippen LogP contribution in [0.5, 0.6) is 0 Å². The van der Waals surface area contributed by atoms with Crippen molar-refractivity contribution in [3.8, 4) is 44.8 Å². The van der Waals surface area contributed by atoms with Crippen LogP contribution in [0.1, 0.15) is 40.5 Å². The maximum Gasteiger partial charge on any atom is 0.121 e. The minimum absolute atomic E-state index is 0. The van der Waals surface area contributed by atoms with Gasteiger partial charge >= 0.3 is 0 Å². The molecule has 0 spiro atoms. The summed E-state index contributed by atoms with van der Waals surface area (Å²) in [7, 11) is -1.57. The van der Waals surface area contributed by atoms with E-state index in [1.54, 1.807) is 30.5 Å². The van der Waals surface area contributed by atoms with Gasteiger partial charge in [0.05, 0.1) is 13.7 Å². The molecule has 9 rings (SSSR count). The van der Waals surface area contributed by atoms with Crippen LogP contribution < -0.4 is 5.19 Å². The Morgan fingerprint density at radius 1 is 0.638 bits per heavy atom. The Kier molecular flexibility index (Phi) is 11.3. The summed E-state index contributed by atoms with van der Waals surface area (Å²) in [5.74, 6) is -0.648. The van der Waals surface area contributed by atoms with Gasteiger partial charge in [-0.2, -0.15) is 0 Å². The molecule has 0 bridgehead atoms. The normalized spacial score (nSPS) is 12.5. The molecule has 5 heteroatoms. The maximum atomic E-state index is 8.73. The standard InChI is InChI=1S/C30H20NO.C23H26NSi.Ir/c1-3-8-21(9-4-1)18-22-16-17-31-28(19-22)27-13-7-12-26-25-15-14-24(20-29(25)32-30(26)27)23-10-5-2-6-11-23;1-17(2)21-15-22(24-16-23(21)25(3,4)5)20-13-9-12-19(14-20)18-10-7-6-8-11-18;/h1-12,14-17,19-20H,18H2;6-12,14-17H,1-5H3;/q2*-1;/i18D2;17D;. The van der Waals surface area contributed by atoms with Gasteiger partial charge in [0, 0.05) is 42.0 Å². The summed E-state index contributed by atoms with van der Waals surface area (Å²) in [5.41, 5.74) is 11.5. The summed E-state index contributed by atoms with van der Waals surface area (Å²) in [5, 5.41) is 3.28. The molecule has 3 heterocycles. The zero-order chi connectivity index (χ0) is 42.1. The van der Waals surface area contributed by atoms with Gasteiger partial charge in [0.15, 0.2) is 0 Å². The predicted molar refractivity (Wildman–Crippen MR) is 241 cm³/mol. The van der Waals surface area contributed by atoms with Crippen LogP contribution in [-0.4, -0.2) is 18.0 Å². The molecular formula is C53H46IrN2OSi-2. The zero-order valence-electron chi connectivity index (χ0n) is 36.3. The number of nitrogens with zero attached hydrogens (tertiary/aromatic N) is 2. The molecule has 0 unspecified atom stereocenters. The molecule has 6 aromatic carbocycles. The molecule has 0 aliphatic heterocycles. The first-order valence-electron chi connectivity index (χ1n) is 20.8. The van der Waals surface area contributed by atoms with Crippen molar-refractivity contribution in [2.45, 2.75) is 45.8 Å². The topological polar surface area (TPSA) is 38.9 Å². The van der Waals surface area contributed by atoms with Gasteiger partial charge in [0.1, 0.15) is 5.58 Å². The number of aromatic nitrogens is 2. The summed E-state index contributed by atoms with van der Waals surface area (Å²) >= 11 is 0. The van der Waals surface area contributed by atoms with E-state index < -0.39 is 20.3 Å². The Labute approximate surface area is 361 Å². The Hall–Kier alpha value is -5.71. The summed E-state index contributed by atoms with van der Waals surface area (Å²) in [6.07, 6.45) is 2.00. The Bertz CT molecular complexity index is 2920. The van der Waals surface area contributed by atoms with Gasteiger partial charge < -0.3 is 14.4 Å². The van der Waals surface area contributed by atoms with Crippen molar-refractivity contribution in [1.82, 2.24) is 9.97 Å². The van der Waals surface area contributed by atoms with E-state index in [4.69, 9.17) is 13.5 Å². The summed E-state index contributed by atoms with van der Waals surface area (Å²) in [4.78, 5) is 9.29. The Balaban J connectivity index is 0.000000188. The second-order valence-electron chi connectivity index (χ2n) is 15.4.